The van der Waals surface area contributed by atoms with E-state index >= 15 is 0 Å². The van der Waals surface area contributed by atoms with Gasteiger partial charge < -0.3 is 0 Å². The van der Waals surface area contributed by atoms with E-state index < -0.39 is 5.92 Å². The van der Waals surface area contributed by atoms with Gasteiger partial charge in [-0.15, -0.1) is 0 Å². The Morgan fingerprint density at radius 1 is 1.25 bits per heavy atom. The van der Waals surface area contributed by atoms with Crippen molar-refractivity contribution >= 4 is 17.4 Å². The van der Waals surface area contributed by atoms with Crippen LogP contribution < -0.4 is 0 Å². The Morgan fingerprint density at radius 2 is 1.88 bits per heavy atom. The van der Waals surface area contributed by atoms with Gasteiger partial charge in [0.15, 0.2) is 5.78 Å². The molecule has 1 amide bonds. The van der Waals surface area contributed by atoms with Crippen molar-refractivity contribution in [3.63, 3.8) is 0 Å². The van der Waals surface area contributed by atoms with Crippen molar-refractivity contribution in [2.45, 2.75) is 47.0 Å². The quantitative estimate of drug-likeness (QED) is 0.673. The first-order valence-electron chi connectivity index (χ1n) is 6.11. The number of aliphatic imine (C=N–C) groups is 1. The van der Waals surface area contributed by atoms with Crippen molar-refractivity contribution in [2.24, 2.45) is 22.7 Å². The maximum absolute atomic E-state index is 12.0. The minimum Gasteiger partial charge on any atom is -0.292 e. The van der Waals surface area contributed by atoms with E-state index in [-0.39, 0.29) is 11.7 Å². The van der Waals surface area contributed by atoms with Crippen LogP contribution in [0.3, 0.4) is 0 Å². The van der Waals surface area contributed by atoms with Crippen LogP contribution >= 0.6 is 0 Å². The predicted octanol–water partition coefficient (Wildman–Crippen LogP) is 2.64. The summed E-state index contributed by atoms with van der Waals surface area (Å²) in [5, 5.41) is 0. The molecule has 0 bridgehead atoms. The molecule has 0 aromatic rings. The average Bonchev–Trinajstić information content (AvgIpc) is 2.45. The maximum atomic E-state index is 12.0. The first-order chi connectivity index (χ1) is 7.45. The second kappa shape index (κ2) is 5.37. The highest BCUT2D eigenvalue weighted by Crippen LogP contribution is 2.24. The third-order valence-corrected chi connectivity index (χ3v) is 3.08. The van der Waals surface area contributed by atoms with Crippen LogP contribution in [0.2, 0.25) is 0 Å². The minimum atomic E-state index is -0.483. The lowest BCUT2D eigenvalue weighted by molar-refractivity contribution is -0.127. The molecule has 0 fully saturated rings. The Kier molecular flexibility index (Phi) is 4.39. The van der Waals surface area contributed by atoms with Crippen LogP contribution in [0.25, 0.3) is 0 Å². The molecular formula is C13H21NO2. The first-order valence-corrected chi connectivity index (χ1v) is 6.11. The van der Waals surface area contributed by atoms with Crippen LogP contribution in [0.4, 0.5) is 0 Å². The normalized spacial score (nSPS) is 22.8. The molecule has 3 heteroatoms. The van der Waals surface area contributed by atoms with E-state index in [1.54, 1.807) is 0 Å². The summed E-state index contributed by atoms with van der Waals surface area (Å²) in [6.45, 7) is 8.20. The molecule has 0 N–H and O–H groups in total. The van der Waals surface area contributed by atoms with Crippen LogP contribution in [0.5, 0.6) is 0 Å². The van der Waals surface area contributed by atoms with Crippen LogP contribution in [0.1, 0.15) is 47.0 Å². The van der Waals surface area contributed by atoms with Crippen LogP contribution in [0.15, 0.2) is 4.99 Å². The Bertz CT molecular complexity index is 318. The van der Waals surface area contributed by atoms with Crippen LogP contribution in [-0.2, 0) is 9.59 Å². The van der Waals surface area contributed by atoms with Crippen molar-refractivity contribution in [1.82, 2.24) is 0 Å². The lowest BCUT2D eigenvalue weighted by Gasteiger charge is -2.11. The standard InChI is InChI=1S/C13H21NO2/c1-5-9(4)7-10-12(15)11(6-8(2)3)14-13(10)16/h8-10H,5-7H2,1-4H3. The zero-order chi connectivity index (χ0) is 12.3. The summed E-state index contributed by atoms with van der Waals surface area (Å²) in [6, 6.07) is 0. The van der Waals surface area contributed by atoms with Gasteiger partial charge >= 0.3 is 0 Å². The lowest BCUT2D eigenvalue weighted by atomic mass is 9.89. The van der Waals surface area contributed by atoms with Crippen molar-refractivity contribution < 1.29 is 9.59 Å². The number of carbonyl (C=O) groups excluding carboxylic acids is 2. The van der Waals surface area contributed by atoms with E-state index in [1.165, 1.54) is 0 Å². The van der Waals surface area contributed by atoms with Gasteiger partial charge in [0.2, 0.25) is 0 Å². The third-order valence-electron chi connectivity index (χ3n) is 3.08. The zero-order valence-corrected chi connectivity index (χ0v) is 10.6. The number of hydrogen-bond acceptors (Lipinski definition) is 2. The van der Waals surface area contributed by atoms with E-state index in [2.05, 4.69) is 18.8 Å². The summed E-state index contributed by atoms with van der Waals surface area (Å²) in [4.78, 5) is 27.5. The van der Waals surface area contributed by atoms with E-state index in [1.807, 2.05) is 13.8 Å². The van der Waals surface area contributed by atoms with Gasteiger partial charge in [0.1, 0.15) is 5.92 Å². The summed E-state index contributed by atoms with van der Waals surface area (Å²) >= 11 is 0. The van der Waals surface area contributed by atoms with E-state index in [0.29, 0.717) is 30.4 Å². The molecule has 16 heavy (non-hydrogen) atoms. The topological polar surface area (TPSA) is 46.5 Å². The molecule has 90 valence electrons. The van der Waals surface area contributed by atoms with Gasteiger partial charge in [0.05, 0.1) is 5.71 Å². The smallest absolute Gasteiger partial charge is 0.257 e. The summed E-state index contributed by atoms with van der Waals surface area (Å²) in [6.07, 6.45) is 2.28. The fraction of sp³-hybridized carbons (Fsp3) is 0.769. The third kappa shape index (κ3) is 3.00. The Hall–Kier alpha value is -0.990. The van der Waals surface area contributed by atoms with Gasteiger partial charge in [-0.3, -0.25) is 9.59 Å². The highest BCUT2D eigenvalue weighted by atomic mass is 16.2. The van der Waals surface area contributed by atoms with Gasteiger partial charge in [-0.25, -0.2) is 4.99 Å². The monoisotopic (exact) mass is 223 g/mol. The fourth-order valence-electron chi connectivity index (χ4n) is 1.89. The van der Waals surface area contributed by atoms with Gasteiger partial charge in [-0.1, -0.05) is 34.1 Å². The molecule has 0 saturated carbocycles. The molecule has 1 heterocycles. The van der Waals surface area contributed by atoms with Gasteiger partial charge in [-0.2, -0.15) is 0 Å². The number of rotatable bonds is 5. The van der Waals surface area contributed by atoms with Crippen LogP contribution in [-0.4, -0.2) is 17.4 Å². The lowest BCUT2D eigenvalue weighted by Crippen LogP contribution is -2.23. The highest BCUT2D eigenvalue weighted by Gasteiger charge is 2.36. The fourth-order valence-corrected chi connectivity index (χ4v) is 1.89. The number of ketones is 1. The molecule has 1 aliphatic heterocycles. The van der Waals surface area contributed by atoms with Crippen molar-refractivity contribution in [3.8, 4) is 0 Å². The predicted molar refractivity (Wildman–Crippen MR) is 64.5 cm³/mol. The van der Waals surface area contributed by atoms with E-state index in [9.17, 15) is 9.59 Å². The van der Waals surface area contributed by atoms with Crippen molar-refractivity contribution in [1.29, 1.82) is 0 Å². The zero-order valence-electron chi connectivity index (χ0n) is 10.6. The van der Waals surface area contributed by atoms with Crippen molar-refractivity contribution in [2.75, 3.05) is 0 Å². The average molecular weight is 223 g/mol. The number of hydrogen-bond donors (Lipinski definition) is 0. The van der Waals surface area contributed by atoms with Crippen molar-refractivity contribution in [3.05, 3.63) is 0 Å². The molecule has 0 saturated heterocycles. The summed E-state index contributed by atoms with van der Waals surface area (Å²) < 4.78 is 0. The summed E-state index contributed by atoms with van der Waals surface area (Å²) in [5.74, 6) is 0.0491. The van der Waals surface area contributed by atoms with Gasteiger partial charge in [0, 0.05) is 0 Å². The molecule has 0 aromatic heterocycles. The SMILES string of the molecule is CCC(C)CC1C(=O)N=C(CC(C)C)C1=O. The largest absolute Gasteiger partial charge is 0.292 e. The first kappa shape index (κ1) is 13.1. The Morgan fingerprint density at radius 3 is 2.38 bits per heavy atom. The Labute approximate surface area is 97.3 Å². The number of carbonyl (C=O) groups is 2. The maximum Gasteiger partial charge on any atom is 0.257 e. The minimum absolute atomic E-state index is 0.0287. The van der Waals surface area contributed by atoms with E-state index in [0.717, 1.165) is 6.42 Å². The van der Waals surface area contributed by atoms with Gasteiger partial charge in [-0.05, 0) is 24.7 Å². The molecule has 0 spiro atoms. The second-order valence-electron chi connectivity index (χ2n) is 5.16. The number of Topliss-reactive ketones (excluding diaryl/α,β-unsaturated/α-hetero) is 1. The number of nitrogens with zero attached hydrogens (tertiary/aromatic N) is 1. The summed E-state index contributed by atoms with van der Waals surface area (Å²) in [7, 11) is 0. The van der Waals surface area contributed by atoms with Crippen LogP contribution in [0, 0.1) is 17.8 Å². The molecule has 0 aromatic carbocycles. The highest BCUT2D eigenvalue weighted by molar-refractivity contribution is 6.49. The van der Waals surface area contributed by atoms with Gasteiger partial charge in [0.25, 0.3) is 5.91 Å². The molecule has 0 radical (unpaired) electrons. The molecular weight excluding hydrogens is 202 g/mol. The molecule has 2 unspecified atom stereocenters. The Balaban J connectivity index is 2.66. The second-order valence-corrected chi connectivity index (χ2v) is 5.16. The molecule has 3 nitrogen and oxygen atoms in total. The van der Waals surface area contributed by atoms with E-state index in [4.69, 9.17) is 0 Å². The molecule has 1 rings (SSSR count). The number of amides is 1. The summed E-state index contributed by atoms with van der Waals surface area (Å²) in [5.41, 5.74) is 0.494. The molecule has 1 aliphatic rings. The molecule has 0 aliphatic carbocycles. The molecule has 2 atom stereocenters.